The summed E-state index contributed by atoms with van der Waals surface area (Å²) in [6.45, 7) is 1.90. The zero-order valence-electron chi connectivity index (χ0n) is 7.11. The van der Waals surface area contributed by atoms with Gasteiger partial charge in [0.2, 0.25) is 0 Å². The highest BCUT2D eigenvalue weighted by Crippen LogP contribution is 2.14. The zero-order valence-corrected chi connectivity index (χ0v) is 7.93. The molecule has 0 aliphatic heterocycles. The summed E-state index contributed by atoms with van der Waals surface area (Å²) in [6, 6.07) is 9.01. The van der Waals surface area contributed by atoms with E-state index in [0.29, 0.717) is 5.58 Å². The van der Waals surface area contributed by atoms with Gasteiger partial charge in [-0.1, -0.05) is 18.2 Å². The molecule has 0 aliphatic rings. The predicted molar refractivity (Wildman–Crippen MR) is 54.5 cm³/mol. The van der Waals surface area contributed by atoms with Gasteiger partial charge < -0.3 is 4.42 Å². The Morgan fingerprint density at radius 2 is 1.92 bits per heavy atom. The summed E-state index contributed by atoms with van der Waals surface area (Å²) >= 11 is 0. The van der Waals surface area contributed by atoms with Crippen molar-refractivity contribution in [2.24, 2.45) is 0 Å². The monoisotopic (exact) mass is 196 g/mol. The normalized spacial score (nSPS) is 9.62. The SMILES string of the molecule is Cc1cc(=O)oc2ccccc12.Cl. The van der Waals surface area contributed by atoms with E-state index in [1.165, 1.54) is 6.07 Å². The Balaban J connectivity index is 0.000000845. The third kappa shape index (κ3) is 1.73. The summed E-state index contributed by atoms with van der Waals surface area (Å²) in [6.07, 6.45) is 0. The van der Waals surface area contributed by atoms with Crippen molar-refractivity contribution >= 4 is 23.4 Å². The van der Waals surface area contributed by atoms with Crippen molar-refractivity contribution in [2.75, 3.05) is 0 Å². The second-order valence-electron chi connectivity index (χ2n) is 2.74. The number of halogens is 1. The molecule has 2 nitrogen and oxygen atoms in total. The van der Waals surface area contributed by atoms with Crippen LogP contribution in [0.3, 0.4) is 0 Å². The quantitative estimate of drug-likeness (QED) is 0.606. The summed E-state index contributed by atoms with van der Waals surface area (Å²) in [5.74, 6) is 0. The van der Waals surface area contributed by atoms with Crippen LogP contribution in [0.1, 0.15) is 5.56 Å². The summed E-state index contributed by atoms with van der Waals surface area (Å²) in [5.41, 5.74) is 1.33. The van der Waals surface area contributed by atoms with Gasteiger partial charge in [0.05, 0.1) is 0 Å². The van der Waals surface area contributed by atoms with Crippen LogP contribution in [0.15, 0.2) is 39.5 Å². The van der Waals surface area contributed by atoms with Crippen LogP contribution in [0, 0.1) is 6.92 Å². The van der Waals surface area contributed by atoms with Gasteiger partial charge in [-0.15, -0.1) is 12.4 Å². The number of aryl methyl sites for hydroxylation is 1. The molecule has 0 saturated heterocycles. The van der Waals surface area contributed by atoms with Crippen molar-refractivity contribution in [3.05, 3.63) is 46.3 Å². The molecule has 0 fully saturated rings. The maximum absolute atomic E-state index is 10.9. The Bertz CT molecular complexity index is 474. The molecule has 0 amide bonds. The molecule has 0 unspecified atom stereocenters. The van der Waals surface area contributed by atoms with Gasteiger partial charge in [-0.3, -0.25) is 0 Å². The van der Waals surface area contributed by atoms with Crippen LogP contribution in [0.25, 0.3) is 11.0 Å². The number of hydrogen-bond donors (Lipinski definition) is 0. The Morgan fingerprint density at radius 1 is 1.23 bits per heavy atom. The number of hydrogen-bond acceptors (Lipinski definition) is 2. The fourth-order valence-electron chi connectivity index (χ4n) is 1.27. The van der Waals surface area contributed by atoms with E-state index in [1.54, 1.807) is 6.07 Å². The molecule has 1 aromatic carbocycles. The summed E-state index contributed by atoms with van der Waals surface area (Å²) < 4.78 is 4.99. The molecule has 0 aliphatic carbocycles. The van der Waals surface area contributed by atoms with Crippen LogP contribution >= 0.6 is 12.4 Å². The van der Waals surface area contributed by atoms with E-state index in [4.69, 9.17) is 4.42 Å². The molecule has 0 saturated carbocycles. The van der Waals surface area contributed by atoms with Crippen LogP contribution in [0.5, 0.6) is 0 Å². The lowest BCUT2D eigenvalue weighted by molar-refractivity contribution is 0.560. The molecule has 13 heavy (non-hydrogen) atoms. The van der Waals surface area contributed by atoms with Gasteiger partial charge in [0.1, 0.15) is 5.58 Å². The highest BCUT2D eigenvalue weighted by atomic mass is 35.5. The van der Waals surface area contributed by atoms with E-state index in [9.17, 15) is 4.79 Å². The third-order valence-corrected chi connectivity index (χ3v) is 1.86. The minimum Gasteiger partial charge on any atom is -0.423 e. The molecule has 68 valence electrons. The van der Waals surface area contributed by atoms with E-state index in [2.05, 4.69) is 0 Å². The van der Waals surface area contributed by atoms with Crippen molar-refractivity contribution in [3.8, 4) is 0 Å². The van der Waals surface area contributed by atoms with Gasteiger partial charge in [-0.05, 0) is 18.6 Å². The van der Waals surface area contributed by atoms with Gasteiger partial charge >= 0.3 is 5.63 Å². The summed E-state index contributed by atoms with van der Waals surface area (Å²) in [7, 11) is 0. The van der Waals surface area contributed by atoms with Crippen molar-refractivity contribution < 1.29 is 4.42 Å². The average Bonchev–Trinajstić information content (AvgIpc) is 2.04. The van der Waals surface area contributed by atoms with E-state index in [0.717, 1.165) is 10.9 Å². The Kier molecular flexibility index (Phi) is 2.73. The molecule has 2 rings (SSSR count). The second-order valence-corrected chi connectivity index (χ2v) is 2.74. The minimum absolute atomic E-state index is 0. The molecule has 0 spiro atoms. The van der Waals surface area contributed by atoms with Crippen molar-refractivity contribution in [1.82, 2.24) is 0 Å². The van der Waals surface area contributed by atoms with Crippen LogP contribution in [-0.2, 0) is 0 Å². The molecule has 0 N–H and O–H groups in total. The van der Waals surface area contributed by atoms with E-state index >= 15 is 0 Å². The van der Waals surface area contributed by atoms with Gasteiger partial charge in [0.15, 0.2) is 0 Å². The lowest BCUT2D eigenvalue weighted by Crippen LogP contribution is -1.97. The first-order valence-corrected chi connectivity index (χ1v) is 3.77. The molecule has 0 bridgehead atoms. The van der Waals surface area contributed by atoms with Crippen LogP contribution < -0.4 is 5.63 Å². The predicted octanol–water partition coefficient (Wildman–Crippen LogP) is 2.52. The van der Waals surface area contributed by atoms with E-state index < -0.39 is 0 Å². The van der Waals surface area contributed by atoms with Crippen LogP contribution in [0.4, 0.5) is 0 Å². The largest absolute Gasteiger partial charge is 0.423 e. The number of benzene rings is 1. The Morgan fingerprint density at radius 3 is 2.69 bits per heavy atom. The molecule has 0 radical (unpaired) electrons. The van der Waals surface area contributed by atoms with Crippen LogP contribution in [-0.4, -0.2) is 0 Å². The number of fused-ring (bicyclic) bond motifs is 1. The van der Waals surface area contributed by atoms with Crippen molar-refractivity contribution in [2.45, 2.75) is 6.92 Å². The van der Waals surface area contributed by atoms with E-state index in [1.807, 2.05) is 25.1 Å². The highest BCUT2D eigenvalue weighted by Gasteiger charge is 1.98. The van der Waals surface area contributed by atoms with Crippen molar-refractivity contribution in [3.63, 3.8) is 0 Å². The van der Waals surface area contributed by atoms with Gasteiger partial charge in [-0.25, -0.2) is 4.79 Å². The summed E-state index contributed by atoms with van der Waals surface area (Å²) in [5, 5.41) is 0.997. The average molecular weight is 197 g/mol. The second kappa shape index (κ2) is 3.62. The molecule has 3 heteroatoms. The Labute approximate surface area is 81.6 Å². The molecular formula is C10H9ClO2. The first-order chi connectivity index (χ1) is 5.77. The lowest BCUT2D eigenvalue weighted by Gasteiger charge is -1.97. The molecule has 0 atom stereocenters. The molecule has 1 heterocycles. The van der Waals surface area contributed by atoms with Gasteiger partial charge in [-0.2, -0.15) is 0 Å². The fraction of sp³-hybridized carbons (Fsp3) is 0.100. The molecule has 2 aromatic rings. The van der Waals surface area contributed by atoms with Gasteiger partial charge in [0.25, 0.3) is 0 Å². The fourth-order valence-corrected chi connectivity index (χ4v) is 1.27. The molecule has 1 aromatic heterocycles. The third-order valence-electron chi connectivity index (χ3n) is 1.86. The van der Waals surface area contributed by atoms with Crippen molar-refractivity contribution in [1.29, 1.82) is 0 Å². The first-order valence-electron chi connectivity index (χ1n) is 3.77. The van der Waals surface area contributed by atoms with E-state index in [-0.39, 0.29) is 18.0 Å². The lowest BCUT2D eigenvalue weighted by atomic mass is 10.1. The molecular weight excluding hydrogens is 188 g/mol. The minimum atomic E-state index is -0.286. The topological polar surface area (TPSA) is 30.2 Å². The number of rotatable bonds is 0. The first kappa shape index (κ1) is 9.81. The van der Waals surface area contributed by atoms with Crippen LogP contribution in [0.2, 0.25) is 0 Å². The Hall–Kier alpha value is -1.28. The summed E-state index contributed by atoms with van der Waals surface area (Å²) in [4.78, 5) is 10.9. The zero-order chi connectivity index (χ0) is 8.55. The number of para-hydroxylation sites is 1. The maximum atomic E-state index is 10.9. The van der Waals surface area contributed by atoms with Gasteiger partial charge in [0, 0.05) is 11.5 Å². The smallest absolute Gasteiger partial charge is 0.336 e. The highest BCUT2D eigenvalue weighted by molar-refractivity contribution is 5.85. The maximum Gasteiger partial charge on any atom is 0.336 e. The standard InChI is InChI=1S/C10H8O2.ClH/c1-7-6-10(11)12-9-5-3-2-4-8(7)9;/h2-6H,1H3;1H.